The number of aryl methyl sites for hydroxylation is 2. The largest absolute Gasteiger partial charge is 0.497 e. The molecule has 0 saturated heterocycles. The van der Waals surface area contributed by atoms with Crippen LogP contribution < -0.4 is 4.74 Å². The SMILES string of the molecule is COc1cc(C)c(-c2cn3cccc(CO)c3n2)c(C)c1. The Morgan fingerprint density at radius 1 is 1.24 bits per heavy atom. The van der Waals surface area contributed by atoms with Gasteiger partial charge in [0.1, 0.15) is 11.4 Å². The van der Waals surface area contributed by atoms with Crippen LogP contribution in [0.3, 0.4) is 0 Å². The van der Waals surface area contributed by atoms with Gasteiger partial charge in [-0.1, -0.05) is 6.07 Å². The number of aromatic nitrogens is 2. The molecule has 21 heavy (non-hydrogen) atoms. The summed E-state index contributed by atoms with van der Waals surface area (Å²) in [4.78, 5) is 4.69. The van der Waals surface area contributed by atoms with Gasteiger partial charge in [-0.25, -0.2) is 4.98 Å². The van der Waals surface area contributed by atoms with Gasteiger partial charge in [0.25, 0.3) is 0 Å². The number of pyridine rings is 1. The molecule has 0 aliphatic heterocycles. The minimum atomic E-state index is -0.0125. The van der Waals surface area contributed by atoms with Crippen LogP contribution in [0, 0.1) is 13.8 Å². The predicted molar refractivity (Wildman–Crippen MR) is 82.6 cm³/mol. The Morgan fingerprint density at radius 2 is 1.95 bits per heavy atom. The van der Waals surface area contributed by atoms with Crippen LogP contribution in [-0.4, -0.2) is 21.6 Å². The lowest BCUT2D eigenvalue weighted by atomic mass is 10.00. The van der Waals surface area contributed by atoms with Crippen LogP contribution in [0.4, 0.5) is 0 Å². The highest BCUT2D eigenvalue weighted by Crippen LogP contribution is 2.30. The molecule has 4 nitrogen and oxygen atoms in total. The van der Waals surface area contributed by atoms with E-state index in [1.54, 1.807) is 7.11 Å². The molecule has 0 fully saturated rings. The van der Waals surface area contributed by atoms with Crippen molar-refractivity contribution in [3.05, 3.63) is 53.3 Å². The number of methoxy groups -OCH3 is 1. The minimum Gasteiger partial charge on any atom is -0.497 e. The molecule has 0 bridgehead atoms. The molecule has 0 atom stereocenters. The average Bonchev–Trinajstić information content (AvgIpc) is 2.89. The molecule has 0 saturated carbocycles. The van der Waals surface area contributed by atoms with Gasteiger partial charge in [-0.2, -0.15) is 0 Å². The van der Waals surface area contributed by atoms with E-state index in [4.69, 9.17) is 9.72 Å². The number of benzene rings is 1. The van der Waals surface area contributed by atoms with E-state index in [9.17, 15) is 5.11 Å². The van der Waals surface area contributed by atoms with Crippen LogP contribution >= 0.6 is 0 Å². The van der Waals surface area contributed by atoms with Crippen LogP contribution in [0.1, 0.15) is 16.7 Å². The second kappa shape index (κ2) is 5.22. The molecular weight excluding hydrogens is 264 g/mol. The fourth-order valence-electron chi connectivity index (χ4n) is 2.76. The van der Waals surface area contributed by atoms with Gasteiger partial charge in [-0.3, -0.25) is 0 Å². The highest BCUT2D eigenvalue weighted by atomic mass is 16.5. The minimum absolute atomic E-state index is 0.0125. The van der Waals surface area contributed by atoms with Crippen molar-refractivity contribution in [1.82, 2.24) is 9.38 Å². The van der Waals surface area contributed by atoms with Crippen LogP contribution in [0.25, 0.3) is 16.9 Å². The van der Waals surface area contributed by atoms with E-state index in [1.165, 1.54) is 0 Å². The van der Waals surface area contributed by atoms with Gasteiger partial charge in [0, 0.05) is 23.5 Å². The summed E-state index contributed by atoms with van der Waals surface area (Å²) in [6.07, 6.45) is 3.94. The Labute approximate surface area is 123 Å². The smallest absolute Gasteiger partial charge is 0.142 e. The van der Waals surface area contributed by atoms with Crippen molar-refractivity contribution < 1.29 is 9.84 Å². The van der Waals surface area contributed by atoms with E-state index < -0.39 is 0 Å². The summed E-state index contributed by atoms with van der Waals surface area (Å²) in [6, 6.07) is 7.83. The number of nitrogens with zero attached hydrogens (tertiary/aromatic N) is 2. The summed E-state index contributed by atoms with van der Waals surface area (Å²) >= 11 is 0. The van der Waals surface area contributed by atoms with Crippen molar-refractivity contribution in [2.24, 2.45) is 0 Å². The first kappa shape index (κ1) is 13.6. The molecule has 0 aliphatic carbocycles. The normalized spacial score (nSPS) is 11.0. The van der Waals surface area contributed by atoms with Gasteiger partial charge >= 0.3 is 0 Å². The van der Waals surface area contributed by atoms with E-state index in [-0.39, 0.29) is 6.61 Å². The summed E-state index contributed by atoms with van der Waals surface area (Å²) in [6.45, 7) is 4.10. The number of imidazole rings is 1. The molecular formula is C17H18N2O2. The Morgan fingerprint density at radius 3 is 2.57 bits per heavy atom. The van der Waals surface area contributed by atoms with Crippen LogP contribution in [0.5, 0.6) is 5.75 Å². The molecule has 108 valence electrons. The third-order valence-corrected chi connectivity index (χ3v) is 3.73. The lowest BCUT2D eigenvalue weighted by Gasteiger charge is -2.09. The lowest BCUT2D eigenvalue weighted by Crippen LogP contribution is -1.92. The molecule has 0 unspecified atom stereocenters. The highest BCUT2D eigenvalue weighted by molar-refractivity contribution is 5.71. The molecule has 3 rings (SSSR count). The van der Waals surface area contributed by atoms with E-state index in [1.807, 2.05) is 41.1 Å². The van der Waals surface area contributed by atoms with Gasteiger partial charge in [0.15, 0.2) is 0 Å². The van der Waals surface area contributed by atoms with Crippen molar-refractivity contribution in [3.8, 4) is 17.0 Å². The summed E-state index contributed by atoms with van der Waals surface area (Å²) in [5.74, 6) is 0.855. The number of fused-ring (bicyclic) bond motifs is 1. The molecule has 0 spiro atoms. The average molecular weight is 282 g/mol. The molecule has 0 aliphatic rings. The topological polar surface area (TPSA) is 46.8 Å². The van der Waals surface area contributed by atoms with Crippen LogP contribution in [0.15, 0.2) is 36.7 Å². The molecule has 2 aromatic heterocycles. The molecule has 4 heteroatoms. The molecule has 1 N–H and O–H groups in total. The second-order valence-corrected chi connectivity index (χ2v) is 5.18. The molecule has 0 amide bonds. The van der Waals surface area contributed by atoms with E-state index in [0.717, 1.165) is 39.3 Å². The molecule has 2 heterocycles. The number of hydrogen-bond donors (Lipinski definition) is 1. The standard InChI is InChI=1S/C17H18N2O2/c1-11-7-14(21-3)8-12(2)16(11)15-9-19-6-4-5-13(10-20)17(19)18-15/h4-9,20H,10H2,1-3H3. The van der Waals surface area contributed by atoms with E-state index in [0.29, 0.717) is 0 Å². The summed E-state index contributed by atoms with van der Waals surface area (Å²) in [7, 11) is 1.67. The third kappa shape index (κ3) is 2.28. The zero-order valence-corrected chi connectivity index (χ0v) is 12.4. The number of aliphatic hydroxyl groups is 1. The quantitative estimate of drug-likeness (QED) is 0.803. The van der Waals surface area contributed by atoms with Gasteiger partial charge in [-0.15, -0.1) is 0 Å². The maximum Gasteiger partial charge on any atom is 0.142 e. The molecule has 1 aromatic carbocycles. The molecule has 3 aromatic rings. The monoisotopic (exact) mass is 282 g/mol. The van der Waals surface area contributed by atoms with Crippen LogP contribution in [0.2, 0.25) is 0 Å². The van der Waals surface area contributed by atoms with E-state index in [2.05, 4.69) is 13.8 Å². The Bertz CT molecular complexity index is 783. The number of ether oxygens (including phenoxy) is 1. The second-order valence-electron chi connectivity index (χ2n) is 5.18. The maximum absolute atomic E-state index is 9.42. The van der Waals surface area contributed by atoms with Gasteiger partial charge in [-0.05, 0) is 43.2 Å². The van der Waals surface area contributed by atoms with Crippen molar-refractivity contribution >= 4 is 5.65 Å². The number of aliphatic hydroxyl groups excluding tert-OH is 1. The fourth-order valence-corrected chi connectivity index (χ4v) is 2.76. The predicted octanol–water partition coefficient (Wildman–Crippen LogP) is 3.12. The number of rotatable bonds is 3. The first-order valence-electron chi connectivity index (χ1n) is 6.87. The Balaban J connectivity index is 2.21. The van der Waals surface area contributed by atoms with Crippen LogP contribution in [-0.2, 0) is 6.61 Å². The van der Waals surface area contributed by atoms with Gasteiger partial charge in [0.2, 0.25) is 0 Å². The van der Waals surface area contributed by atoms with Gasteiger partial charge in [0.05, 0.1) is 19.4 Å². The molecule has 0 radical (unpaired) electrons. The van der Waals surface area contributed by atoms with E-state index >= 15 is 0 Å². The number of hydrogen-bond acceptors (Lipinski definition) is 3. The summed E-state index contributed by atoms with van der Waals surface area (Å²) in [5, 5.41) is 9.42. The maximum atomic E-state index is 9.42. The third-order valence-electron chi connectivity index (χ3n) is 3.73. The fraction of sp³-hybridized carbons (Fsp3) is 0.235. The zero-order valence-electron chi connectivity index (χ0n) is 12.4. The first-order chi connectivity index (χ1) is 10.1. The lowest BCUT2D eigenvalue weighted by molar-refractivity contribution is 0.282. The zero-order chi connectivity index (χ0) is 15.0. The first-order valence-corrected chi connectivity index (χ1v) is 6.87. The summed E-state index contributed by atoms with van der Waals surface area (Å²) in [5.41, 5.74) is 5.90. The summed E-state index contributed by atoms with van der Waals surface area (Å²) < 4.78 is 7.25. The van der Waals surface area contributed by atoms with Crippen molar-refractivity contribution in [2.75, 3.05) is 7.11 Å². The van der Waals surface area contributed by atoms with Crippen molar-refractivity contribution in [3.63, 3.8) is 0 Å². The van der Waals surface area contributed by atoms with Crippen molar-refractivity contribution in [1.29, 1.82) is 0 Å². The van der Waals surface area contributed by atoms with Gasteiger partial charge < -0.3 is 14.2 Å². The Kier molecular flexibility index (Phi) is 3.39. The van der Waals surface area contributed by atoms with Crippen molar-refractivity contribution in [2.45, 2.75) is 20.5 Å². The Hall–Kier alpha value is -2.33. The highest BCUT2D eigenvalue weighted by Gasteiger charge is 2.13.